The fraction of sp³-hybridized carbons (Fsp3) is 0.500. The predicted molar refractivity (Wildman–Crippen MR) is 76.9 cm³/mol. The molecule has 0 radical (unpaired) electrons. The number of fused-ring (bicyclic) bond motifs is 1. The maximum absolute atomic E-state index is 4.71. The first-order chi connectivity index (χ1) is 8.74. The van der Waals surface area contributed by atoms with Gasteiger partial charge in [-0.15, -0.1) is 0 Å². The van der Waals surface area contributed by atoms with Gasteiger partial charge in [-0.25, -0.2) is 4.98 Å². The van der Waals surface area contributed by atoms with Crippen molar-refractivity contribution in [2.75, 3.05) is 13.6 Å². The number of imidazole rings is 1. The molecule has 0 saturated carbocycles. The zero-order valence-corrected chi connectivity index (χ0v) is 12.2. The fourth-order valence-corrected chi connectivity index (χ4v) is 3.21. The summed E-state index contributed by atoms with van der Waals surface area (Å²) in [6.45, 7) is 1.22. The van der Waals surface area contributed by atoms with Gasteiger partial charge in [-0.3, -0.25) is 4.40 Å². The summed E-state index contributed by atoms with van der Waals surface area (Å²) in [4.78, 5) is 7.18. The highest BCUT2D eigenvalue weighted by atomic mass is 79.9. The average molecular weight is 308 g/mol. The van der Waals surface area contributed by atoms with Crippen LogP contribution in [-0.2, 0) is 6.42 Å². The molecule has 3 nitrogen and oxygen atoms in total. The number of piperidine rings is 1. The molecule has 3 rings (SSSR count). The molecule has 0 N–H and O–H groups in total. The molecule has 2 aromatic heterocycles. The molecule has 1 aliphatic rings. The van der Waals surface area contributed by atoms with Crippen molar-refractivity contribution in [1.29, 1.82) is 0 Å². The molecule has 2 aromatic rings. The Morgan fingerprint density at radius 2 is 2.28 bits per heavy atom. The minimum absolute atomic E-state index is 0.655. The van der Waals surface area contributed by atoms with Crippen molar-refractivity contribution in [1.82, 2.24) is 14.3 Å². The standard InChI is InChI=1S/C14H18BrN3/c1-17-8-3-2-5-12(17)9-11-10-18-13(15)6-4-7-14(18)16-11/h4,6-7,10,12H,2-3,5,8-9H2,1H3. The Hall–Kier alpha value is -0.870. The minimum Gasteiger partial charge on any atom is -0.303 e. The van der Waals surface area contributed by atoms with Gasteiger partial charge < -0.3 is 4.90 Å². The highest BCUT2D eigenvalue weighted by Crippen LogP contribution is 2.20. The van der Waals surface area contributed by atoms with E-state index < -0.39 is 0 Å². The predicted octanol–water partition coefficient (Wildman–Crippen LogP) is 3.12. The first-order valence-corrected chi connectivity index (χ1v) is 7.36. The van der Waals surface area contributed by atoms with E-state index in [1.807, 2.05) is 12.1 Å². The number of likely N-dealkylation sites (N-methyl/N-ethyl adjacent to an activating group) is 1. The second-order valence-corrected chi connectivity index (χ2v) is 5.96. The lowest BCUT2D eigenvalue weighted by atomic mass is 9.99. The Labute approximate surface area is 116 Å². The molecular weight excluding hydrogens is 290 g/mol. The Balaban J connectivity index is 1.84. The van der Waals surface area contributed by atoms with Gasteiger partial charge in [0.1, 0.15) is 5.65 Å². The summed E-state index contributed by atoms with van der Waals surface area (Å²) < 4.78 is 3.17. The summed E-state index contributed by atoms with van der Waals surface area (Å²) in [7, 11) is 2.23. The molecule has 3 heterocycles. The van der Waals surface area contributed by atoms with Crippen molar-refractivity contribution in [2.24, 2.45) is 0 Å². The molecule has 1 aliphatic heterocycles. The number of nitrogens with zero attached hydrogens (tertiary/aromatic N) is 3. The third-order valence-electron chi connectivity index (χ3n) is 3.86. The van der Waals surface area contributed by atoms with Gasteiger partial charge in [0.05, 0.1) is 10.3 Å². The topological polar surface area (TPSA) is 20.5 Å². The number of aromatic nitrogens is 2. The van der Waals surface area contributed by atoms with Crippen LogP contribution in [0.4, 0.5) is 0 Å². The van der Waals surface area contributed by atoms with Gasteiger partial charge >= 0.3 is 0 Å². The highest BCUT2D eigenvalue weighted by molar-refractivity contribution is 9.10. The van der Waals surface area contributed by atoms with Crippen molar-refractivity contribution in [2.45, 2.75) is 31.7 Å². The van der Waals surface area contributed by atoms with Crippen LogP contribution in [0.15, 0.2) is 29.0 Å². The number of pyridine rings is 1. The second kappa shape index (κ2) is 5.02. The molecule has 4 heteroatoms. The zero-order valence-electron chi connectivity index (χ0n) is 10.6. The third-order valence-corrected chi connectivity index (χ3v) is 4.50. The molecule has 1 atom stereocenters. The lowest BCUT2D eigenvalue weighted by molar-refractivity contribution is 0.184. The first-order valence-electron chi connectivity index (χ1n) is 6.57. The van der Waals surface area contributed by atoms with Crippen molar-refractivity contribution >= 4 is 21.6 Å². The van der Waals surface area contributed by atoms with Gasteiger partial charge in [0.2, 0.25) is 0 Å². The van der Waals surface area contributed by atoms with Crippen molar-refractivity contribution < 1.29 is 0 Å². The SMILES string of the molecule is CN1CCCCC1Cc1cn2c(Br)cccc2n1. The molecule has 0 aromatic carbocycles. The summed E-state index contributed by atoms with van der Waals surface area (Å²) in [6, 6.07) is 6.79. The van der Waals surface area contributed by atoms with Crippen LogP contribution in [0.5, 0.6) is 0 Å². The zero-order chi connectivity index (χ0) is 12.5. The van der Waals surface area contributed by atoms with Crippen LogP contribution in [0.25, 0.3) is 5.65 Å². The number of rotatable bonds is 2. The molecule has 96 valence electrons. The highest BCUT2D eigenvalue weighted by Gasteiger charge is 2.20. The summed E-state index contributed by atoms with van der Waals surface area (Å²) in [5.74, 6) is 0. The van der Waals surface area contributed by atoms with E-state index in [4.69, 9.17) is 4.98 Å². The van der Waals surface area contributed by atoms with E-state index in [9.17, 15) is 0 Å². The van der Waals surface area contributed by atoms with Crippen molar-refractivity contribution in [3.8, 4) is 0 Å². The van der Waals surface area contributed by atoms with Gasteiger partial charge in [-0.05, 0) is 54.5 Å². The minimum atomic E-state index is 0.655. The summed E-state index contributed by atoms with van der Waals surface area (Å²) in [5.41, 5.74) is 2.22. The second-order valence-electron chi connectivity index (χ2n) is 5.14. The first kappa shape index (κ1) is 12.2. The average Bonchev–Trinajstić information content (AvgIpc) is 2.76. The van der Waals surface area contributed by atoms with Gasteiger partial charge in [0.15, 0.2) is 0 Å². The van der Waals surface area contributed by atoms with E-state index >= 15 is 0 Å². The van der Waals surface area contributed by atoms with Crippen molar-refractivity contribution in [3.05, 3.63) is 34.7 Å². The number of hydrogen-bond donors (Lipinski definition) is 0. The van der Waals surface area contributed by atoms with Crippen LogP contribution in [-0.4, -0.2) is 33.9 Å². The van der Waals surface area contributed by atoms with Crippen LogP contribution in [0.2, 0.25) is 0 Å². The molecule has 1 fully saturated rings. The molecule has 1 unspecified atom stereocenters. The van der Waals surface area contributed by atoms with Crippen LogP contribution < -0.4 is 0 Å². The van der Waals surface area contributed by atoms with Crippen LogP contribution >= 0.6 is 15.9 Å². The molecule has 0 amide bonds. The fourth-order valence-electron chi connectivity index (χ4n) is 2.77. The van der Waals surface area contributed by atoms with Crippen LogP contribution in [0.1, 0.15) is 25.0 Å². The van der Waals surface area contributed by atoms with E-state index in [1.165, 1.54) is 31.5 Å². The van der Waals surface area contributed by atoms with Gasteiger partial charge in [-0.1, -0.05) is 12.5 Å². The largest absolute Gasteiger partial charge is 0.303 e. The molecular formula is C14H18BrN3. The maximum atomic E-state index is 4.71. The molecule has 18 heavy (non-hydrogen) atoms. The van der Waals surface area contributed by atoms with Crippen LogP contribution in [0, 0.1) is 0 Å². The van der Waals surface area contributed by atoms with E-state index in [0.717, 1.165) is 16.7 Å². The Morgan fingerprint density at radius 1 is 1.39 bits per heavy atom. The Kier molecular flexibility index (Phi) is 3.39. The summed E-state index contributed by atoms with van der Waals surface area (Å²) in [5, 5.41) is 0. The molecule has 1 saturated heterocycles. The summed E-state index contributed by atoms with van der Waals surface area (Å²) in [6.07, 6.45) is 7.20. The number of hydrogen-bond acceptors (Lipinski definition) is 2. The van der Waals surface area contributed by atoms with E-state index in [0.29, 0.717) is 6.04 Å². The molecule has 0 bridgehead atoms. The van der Waals surface area contributed by atoms with Crippen molar-refractivity contribution in [3.63, 3.8) is 0 Å². The maximum Gasteiger partial charge on any atom is 0.137 e. The van der Waals surface area contributed by atoms with Gasteiger partial charge in [0.25, 0.3) is 0 Å². The lowest BCUT2D eigenvalue weighted by Gasteiger charge is -2.31. The smallest absolute Gasteiger partial charge is 0.137 e. The summed E-state index contributed by atoms with van der Waals surface area (Å²) >= 11 is 3.56. The quantitative estimate of drug-likeness (QED) is 0.795. The van der Waals surface area contributed by atoms with Gasteiger partial charge in [0, 0.05) is 18.7 Å². The molecule has 0 spiro atoms. The van der Waals surface area contributed by atoms with Crippen LogP contribution in [0.3, 0.4) is 0 Å². The van der Waals surface area contributed by atoms with E-state index in [2.05, 4.69) is 44.5 Å². The normalized spacial score (nSPS) is 21.6. The molecule has 0 aliphatic carbocycles. The Morgan fingerprint density at radius 3 is 3.06 bits per heavy atom. The third kappa shape index (κ3) is 2.31. The van der Waals surface area contributed by atoms with E-state index in [-0.39, 0.29) is 0 Å². The van der Waals surface area contributed by atoms with Gasteiger partial charge in [-0.2, -0.15) is 0 Å². The number of halogens is 1. The van der Waals surface area contributed by atoms with E-state index in [1.54, 1.807) is 0 Å². The lowest BCUT2D eigenvalue weighted by Crippen LogP contribution is -2.37. The number of likely N-dealkylation sites (tertiary alicyclic amines) is 1. The monoisotopic (exact) mass is 307 g/mol. The Bertz CT molecular complexity index is 549.